The van der Waals surface area contributed by atoms with E-state index in [9.17, 15) is 13.5 Å². The molecule has 0 spiro atoms. The molecule has 1 fully saturated rings. The second-order valence-corrected chi connectivity index (χ2v) is 10.5. The van der Waals surface area contributed by atoms with Crippen molar-refractivity contribution in [2.45, 2.75) is 43.0 Å². The van der Waals surface area contributed by atoms with E-state index >= 15 is 0 Å². The number of pyridine rings is 2. The number of nitrogens with one attached hydrogen (secondary N) is 1. The molecule has 3 aromatic heterocycles. The Hall–Kier alpha value is -3.10. The highest BCUT2D eigenvalue weighted by molar-refractivity contribution is 7.90. The Morgan fingerprint density at radius 2 is 1.82 bits per heavy atom. The summed E-state index contributed by atoms with van der Waals surface area (Å²) in [5.74, 6) is 0.587. The first-order valence-corrected chi connectivity index (χ1v) is 12.7. The van der Waals surface area contributed by atoms with Crippen LogP contribution in [0.2, 0.25) is 5.15 Å². The first-order valence-electron chi connectivity index (χ1n) is 10.9. The quantitative estimate of drug-likeness (QED) is 0.368. The summed E-state index contributed by atoms with van der Waals surface area (Å²) in [6, 6.07) is 13.6. The number of aromatic nitrogens is 3. The van der Waals surface area contributed by atoms with Gasteiger partial charge in [0.2, 0.25) is 0 Å². The smallest absolute Gasteiger partial charge is 0.269 e. The Labute approximate surface area is 197 Å². The molecule has 1 aliphatic rings. The van der Waals surface area contributed by atoms with Crippen LogP contribution in [0.15, 0.2) is 65.8 Å². The third kappa shape index (κ3) is 4.28. The van der Waals surface area contributed by atoms with Gasteiger partial charge in [-0.1, -0.05) is 49.1 Å². The normalized spacial score (nSPS) is 15.1. The summed E-state index contributed by atoms with van der Waals surface area (Å²) in [6.45, 7) is 0. The molecular formula is C24H23ClN4O3S. The summed E-state index contributed by atoms with van der Waals surface area (Å²) in [5.41, 5.74) is 1.50. The Kier molecular flexibility index (Phi) is 5.72. The van der Waals surface area contributed by atoms with Crippen LogP contribution in [0.5, 0.6) is 5.75 Å². The minimum atomic E-state index is -3.90. The van der Waals surface area contributed by atoms with Gasteiger partial charge in [0.05, 0.1) is 11.1 Å². The molecule has 170 valence electrons. The van der Waals surface area contributed by atoms with Gasteiger partial charge in [0.15, 0.2) is 5.65 Å². The molecule has 33 heavy (non-hydrogen) atoms. The van der Waals surface area contributed by atoms with Gasteiger partial charge < -0.3 is 10.4 Å². The largest absolute Gasteiger partial charge is 0.506 e. The molecule has 0 saturated heterocycles. The fourth-order valence-electron chi connectivity index (χ4n) is 4.37. The van der Waals surface area contributed by atoms with Crippen molar-refractivity contribution in [2.75, 3.05) is 5.32 Å². The molecular weight excluding hydrogens is 460 g/mol. The average molecular weight is 483 g/mol. The standard InChI is InChI=1S/C24H23ClN4O3S/c25-22-11-16(12-23(28-22)27-17-7-3-1-4-8-17)21-15-29(24-20(21)13-18(30)14-26-24)33(31,32)19-9-5-2-6-10-19/h2,5-6,9-15,17,30H,1,3-4,7-8H2,(H,27,28). The summed E-state index contributed by atoms with van der Waals surface area (Å²) in [6.07, 6.45) is 8.53. The van der Waals surface area contributed by atoms with Crippen molar-refractivity contribution < 1.29 is 13.5 Å². The van der Waals surface area contributed by atoms with Crippen LogP contribution in [-0.2, 0) is 10.0 Å². The van der Waals surface area contributed by atoms with Crippen LogP contribution in [0, 0.1) is 0 Å². The van der Waals surface area contributed by atoms with Gasteiger partial charge in [-0.2, -0.15) is 0 Å². The third-order valence-electron chi connectivity index (χ3n) is 5.96. The summed E-state index contributed by atoms with van der Waals surface area (Å²) < 4.78 is 27.9. The zero-order valence-corrected chi connectivity index (χ0v) is 19.4. The summed E-state index contributed by atoms with van der Waals surface area (Å²) in [7, 11) is -3.90. The maximum absolute atomic E-state index is 13.4. The van der Waals surface area contributed by atoms with E-state index < -0.39 is 10.0 Å². The SMILES string of the molecule is O=S(=O)(c1ccccc1)n1cc(-c2cc(Cl)nc(NC3CCCCC3)c2)c2cc(O)cnc21. The predicted octanol–water partition coefficient (Wildman–Crippen LogP) is 5.44. The Balaban J connectivity index is 1.64. The van der Waals surface area contributed by atoms with Crippen LogP contribution in [0.3, 0.4) is 0 Å². The van der Waals surface area contributed by atoms with Gasteiger partial charge in [-0.05, 0) is 48.7 Å². The molecule has 7 nitrogen and oxygen atoms in total. The van der Waals surface area contributed by atoms with Crippen molar-refractivity contribution in [3.8, 4) is 16.9 Å². The highest BCUT2D eigenvalue weighted by Gasteiger charge is 2.24. The van der Waals surface area contributed by atoms with Crippen molar-refractivity contribution in [3.05, 3.63) is 66.1 Å². The van der Waals surface area contributed by atoms with E-state index in [4.69, 9.17) is 11.6 Å². The number of benzene rings is 1. The minimum Gasteiger partial charge on any atom is -0.506 e. The number of fused-ring (bicyclic) bond motifs is 1. The minimum absolute atomic E-state index is 0.0562. The summed E-state index contributed by atoms with van der Waals surface area (Å²) >= 11 is 6.35. The van der Waals surface area contributed by atoms with Crippen LogP contribution < -0.4 is 5.32 Å². The lowest BCUT2D eigenvalue weighted by atomic mass is 9.95. The third-order valence-corrected chi connectivity index (χ3v) is 7.82. The van der Waals surface area contributed by atoms with Crippen LogP contribution in [-0.4, -0.2) is 33.5 Å². The second kappa shape index (κ2) is 8.68. The lowest BCUT2D eigenvalue weighted by Gasteiger charge is -2.23. The molecule has 1 aromatic carbocycles. The van der Waals surface area contributed by atoms with Crippen LogP contribution in [0.1, 0.15) is 32.1 Å². The average Bonchev–Trinajstić information content (AvgIpc) is 3.19. The molecule has 2 N–H and O–H groups in total. The molecule has 1 aliphatic carbocycles. The topological polar surface area (TPSA) is 97.1 Å². The first kappa shape index (κ1) is 21.7. The summed E-state index contributed by atoms with van der Waals surface area (Å²) in [5, 5.41) is 14.4. The fraction of sp³-hybridized carbons (Fsp3) is 0.250. The molecule has 0 amide bonds. The molecule has 0 atom stereocenters. The van der Waals surface area contributed by atoms with Crippen LogP contribution >= 0.6 is 11.6 Å². The zero-order chi connectivity index (χ0) is 23.0. The molecule has 9 heteroatoms. The number of anilines is 1. The Morgan fingerprint density at radius 3 is 2.58 bits per heavy atom. The lowest BCUT2D eigenvalue weighted by molar-refractivity contribution is 0.462. The number of aromatic hydroxyl groups is 1. The van der Waals surface area contributed by atoms with Gasteiger partial charge >= 0.3 is 0 Å². The molecule has 0 aliphatic heterocycles. The van der Waals surface area contributed by atoms with E-state index in [1.807, 2.05) is 6.07 Å². The second-order valence-electron chi connectivity index (χ2n) is 8.26. The van der Waals surface area contributed by atoms with Crippen molar-refractivity contribution in [1.29, 1.82) is 0 Å². The van der Waals surface area contributed by atoms with E-state index in [1.54, 1.807) is 24.3 Å². The van der Waals surface area contributed by atoms with Crippen molar-refractivity contribution in [3.63, 3.8) is 0 Å². The Bertz CT molecular complexity index is 1410. The molecule has 0 unspecified atom stereocenters. The number of hydrogen-bond donors (Lipinski definition) is 2. The number of rotatable bonds is 5. The Morgan fingerprint density at radius 1 is 1.06 bits per heavy atom. The maximum atomic E-state index is 13.4. The fourth-order valence-corrected chi connectivity index (χ4v) is 5.92. The van der Waals surface area contributed by atoms with E-state index in [1.165, 1.54) is 49.9 Å². The highest BCUT2D eigenvalue weighted by atomic mass is 35.5. The molecule has 0 bridgehead atoms. The summed E-state index contributed by atoms with van der Waals surface area (Å²) in [4.78, 5) is 8.79. The monoisotopic (exact) mass is 482 g/mol. The van der Waals surface area contributed by atoms with Gasteiger partial charge in [-0.3, -0.25) is 0 Å². The number of halogens is 1. The van der Waals surface area contributed by atoms with E-state index in [2.05, 4.69) is 15.3 Å². The van der Waals surface area contributed by atoms with Crippen molar-refractivity contribution >= 4 is 38.5 Å². The van der Waals surface area contributed by atoms with E-state index in [0.29, 0.717) is 33.5 Å². The molecule has 0 radical (unpaired) electrons. The lowest BCUT2D eigenvalue weighted by Crippen LogP contribution is -2.22. The van der Waals surface area contributed by atoms with Crippen LogP contribution in [0.4, 0.5) is 5.82 Å². The molecule has 5 rings (SSSR count). The van der Waals surface area contributed by atoms with Crippen LogP contribution in [0.25, 0.3) is 22.2 Å². The van der Waals surface area contributed by atoms with Gasteiger partial charge in [-0.25, -0.2) is 22.4 Å². The number of hydrogen-bond acceptors (Lipinski definition) is 6. The first-order chi connectivity index (χ1) is 15.9. The molecule has 4 aromatic rings. The number of nitrogens with zero attached hydrogens (tertiary/aromatic N) is 3. The van der Waals surface area contributed by atoms with Gasteiger partial charge in [0.25, 0.3) is 10.0 Å². The van der Waals surface area contributed by atoms with E-state index in [0.717, 1.165) is 16.8 Å². The highest BCUT2D eigenvalue weighted by Crippen LogP contribution is 2.36. The zero-order valence-electron chi connectivity index (χ0n) is 17.8. The van der Waals surface area contributed by atoms with Gasteiger partial charge in [0, 0.05) is 23.2 Å². The van der Waals surface area contributed by atoms with E-state index in [-0.39, 0.29) is 16.3 Å². The predicted molar refractivity (Wildman–Crippen MR) is 129 cm³/mol. The molecule has 1 saturated carbocycles. The van der Waals surface area contributed by atoms with Gasteiger partial charge in [-0.15, -0.1) is 0 Å². The van der Waals surface area contributed by atoms with Crippen molar-refractivity contribution in [1.82, 2.24) is 13.9 Å². The van der Waals surface area contributed by atoms with Crippen molar-refractivity contribution in [2.24, 2.45) is 0 Å². The molecule has 3 heterocycles. The van der Waals surface area contributed by atoms with Gasteiger partial charge in [0.1, 0.15) is 16.7 Å². The maximum Gasteiger partial charge on any atom is 0.269 e.